The minimum absolute atomic E-state index is 0.243. The average Bonchev–Trinajstić information content (AvgIpc) is 2.45. The predicted octanol–water partition coefficient (Wildman–Crippen LogP) is 4.01. The van der Waals surface area contributed by atoms with Gasteiger partial charge in [0.05, 0.1) is 18.4 Å². The maximum absolute atomic E-state index is 13.8. The number of para-hydroxylation sites is 1. The molecule has 3 N–H and O–H groups in total. The highest BCUT2D eigenvalue weighted by Gasteiger charge is 2.15. The number of carbonyl (C=O) groups is 1. The van der Waals surface area contributed by atoms with Crippen molar-refractivity contribution in [3.8, 4) is 0 Å². The number of nitrogens with one attached hydrogen (secondary N) is 1. The van der Waals surface area contributed by atoms with E-state index in [1.165, 1.54) is 19.2 Å². The molecule has 0 saturated heterocycles. The van der Waals surface area contributed by atoms with Gasteiger partial charge in [-0.1, -0.05) is 6.07 Å². The van der Waals surface area contributed by atoms with E-state index in [0.29, 0.717) is 21.4 Å². The molecule has 2 rings (SSSR count). The highest BCUT2D eigenvalue weighted by Crippen LogP contribution is 2.31. The van der Waals surface area contributed by atoms with Gasteiger partial charge in [0.1, 0.15) is 5.82 Å². The van der Waals surface area contributed by atoms with Gasteiger partial charge in [-0.25, -0.2) is 9.18 Å². The molecule has 0 atom stereocenters. The molecule has 21 heavy (non-hydrogen) atoms. The topological polar surface area (TPSA) is 64.3 Å². The zero-order valence-electron chi connectivity index (χ0n) is 11.5. The molecular weight excluding hydrogens is 339 g/mol. The van der Waals surface area contributed by atoms with Gasteiger partial charge in [0.25, 0.3) is 0 Å². The maximum atomic E-state index is 13.8. The molecule has 110 valence electrons. The zero-order valence-corrected chi connectivity index (χ0v) is 13.1. The third-order valence-electron chi connectivity index (χ3n) is 3.02. The van der Waals surface area contributed by atoms with Gasteiger partial charge in [-0.15, -0.1) is 0 Å². The van der Waals surface area contributed by atoms with E-state index in [1.54, 1.807) is 25.1 Å². The fraction of sp³-hybridized carbons (Fsp3) is 0.133. The summed E-state index contributed by atoms with van der Waals surface area (Å²) in [4.78, 5) is 11.7. The maximum Gasteiger partial charge on any atom is 0.340 e. The van der Waals surface area contributed by atoms with Crippen molar-refractivity contribution in [3.63, 3.8) is 0 Å². The largest absolute Gasteiger partial charge is 0.465 e. The summed E-state index contributed by atoms with van der Waals surface area (Å²) in [5, 5.41) is 2.94. The standard InChI is InChI=1S/C15H14BrFN2O2/c1-8-6-9(7-10(13(8)18)15(20)21-2)19-14-11(16)4-3-5-12(14)17/h3-7,19H,18H2,1-2H3. The van der Waals surface area contributed by atoms with Crippen LogP contribution in [-0.4, -0.2) is 13.1 Å². The number of hydrogen-bond donors (Lipinski definition) is 2. The van der Waals surface area contributed by atoms with Gasteiger partial charge in [0.2, 0.25) is 0 Å². The first kappa shape index (κ1) is 15.3. The molecule has 0 fully saturated rings. The number of nitrogen functional groups attached to an aromatic ring is 1. The molecule has 0 spiro atoms. The average molecular weight is 353 g/mol. The van der Waals surface area contributed by atoms with Crippen molar-refractivity contribution in [2.75, 3.05) is 18.2 Å². The number of hydrogen-bond acceptors (Lipinski definition) is 4. The molecule has 0 amide bonds. The van der Waals surface area contributed by atoms with Gasteiger partial charge in [-0.3, -0.25) is 0 Å². The number of carbonyl (C=O) groups excluding carboxylic acids is 1. The smallest absolute Gasteiger partial charge is 0.340 e. The fourth-order valence-electron chi connectivity index (χ4n) is 1.91. The van der Waals surface area contributed by atoms with Crippen LogP contribution in [0, 0.1) is 12.7 Å². The van der Waals surface area contributed by atoms with Gasteiger partial charge in [-0.2, -0.15) is 0 Å². The second-order valence-electron chi connectivity index (χ2n) is 4.47. The summed E-state index contributed by atoms with van der Waals surface area (Å²) >= 11 is 3.28. The fourth-order valence-corrected chi connectivity index (χ4v) is 2.35. The van der Waals surface area contributed by atoms with Crippen molar-refractivity contribution in [1.82, 2.24) is 0 Å². The molecule has 0 aliphatic heterocycles. The first-order valence-corrected chi connectivity index (χ1v) is 6.92. The van der Waals surface area contributed by atoms with E-state index in [4.69, 9.17) is 10.5 Å². The molecule has 0 aromatic heterocycles. The second kappa shape index (κ2) is 6.13. The van der Waals surface area contributed by atoms with Crippen LogP contribution in [0.4, 0.5) is 21.5 Å². The van der Waals surface area contributed by atoms with Crippen LogP contribution in [0.1, 0.15) is 15.9 Å². The summed E-state index contributed by atoms with van der Waals surface area (Å²) in [6.07, 6.45) is 0. The molecular formula is C15H14BrFN2O2. The van der Waals surface area contributed by atoms with Crippen LogP contribution in [0.25, 0.3) is 0 Å². The van der Waals surface area contributed by atoms with Gasteiger partial charge in [0, 0.05) is 15.8 Å². The number of methoxy groups -OCH3 is 1. The highest BCUT2D eigenvalue weighted by molar-refractivity contribution is 9.10. The lowest BCUT2D eigenvalue weighted by Gasteiger charge is -2.13. The minimum atomic E-state index is -0.535. The Morgan fingerprint density at radius 3 is 2.71 bits per heavy atom. The second-order valence-corrected chi connectivity index (χ2v) is 5.32. The molecule has 0 unspecified atom stereocenters. The van der Waals surface area contributed by atoms with Crippen molar-refractivity contribution in [2.24, 2.45) is 0 Å². The Labute approximate surface area is 130 Å². The third kappa shape index (κ3) is 3.16. The van der Waals surface area contributed by atoms with Crippen LogP contribution >= 0.6 is 15.9 Å². The van der Waals surface area contributed by atoms with Crippen LogP contribution in [-0.2, 0) is 4.74 Å². The summed E-state index contributed by atoms with van der Waals surface area (Å²) in [7, 11) is 1.28. The van der Waals surface area contributed by atoms with E-state index >= 15 is 0 Å². The Balaban J connectivity index is 2.46. The number of benzene rings is 2. The number of anilines is 3. The Kier molecular flexibility index (Phi) is 4.47. The molecule has 6 heteroatoms. The Morgan fingerprint density at radius 1 is 1.38 bits per heavy atom. The first-order chi connectivity index (χ1) is 9.93. The molecule has 4 nitrogen and oxygen atoms in total. The van der Waals surface area contributed by atoms with Crippen molar-refractivity contribution in [2.45, 2.75) is 6.92 Å². The SMILES string of the molecule is COC(=O)c1cc(Nc2c(F)cccc2Br)cc(C)c1N. The Bertz CT molecular complexity index is 684. The van der Waals surface area contributed by atoms with Crippen LogP contribution in [0.5, 0.6) is 0 Å². The summed E-state index contributed by atoms with van der Waals surface area (Å²) in [6.45, 7) is 1.77. The van der Waals surface area contributed by atoms with E-state index < -0.39 is 11.8 Å². The summed E-state index contributed by atoms with van der Waals surface area (Å²) in [6, 6.07) is 7.93. The van der Waals surface area contributed by atoms with Crippen LogP contribution in [0.2, 0.25) is 0 Å². The van der Waals surface area contributed by atoms with Crippen LogP contribution in [0.15, 0.2) is 34.8 Å². The molecule has 0 bridgehead atoms. The number of esters is 1. The summed E-state index contributed by atoms with van der Waals surface area (Å²) in [5.74, 6) is -0.940. The lowest BCUT2D eigenvalue weighted by molar-refractivity contribution is 0.0602. The van der Waals surface area contributed by atoms with E-state index in [0.717, 1.165) is 0 Å². The number of halogens is 2. The van der Waals surface area contributed by atoms with Crippen LogP contribution in [0.3, 0.4) is 0 Å². The van der Waals surface area contributed by atoms with E-state index in [9.17, 15) is 9.18 Å². The monoisotopic (exact) mass is 352 g/mol. The molecule has 0 heterocycles. The Hall–Kier alpha value is -2.08. The van der Waals surface area contributed by atoms with E-state index in [2.05, 4.69) is 21.2 Å². The number of ether oxygens (including phenoxy) is 1. The van der Waals surface area contributed by atoms with Gasteiger partial charge in [0.15, 0.2) is 0 Å². The normalized spacial score (nSPS) is 10.3. The van der Waals surface area contributed by atoms with Crippen molar-refractivity contribution in [3.05, 3.63) is 51.7 Å². The van der Waals surface area contributed by atoms with E-state index in [-0.39, 0.29) is 11.3 Å². The minimum Gasteiger partial charge on any atom is -0.465 e. The number of nitrogens with two attached hydrogens (primary N) is 1. The molecule has 0 aliphatic rings. The van der Waals surface area contributed by atoms with Crippen molar-refractivity contribution >= 4 is 39.0 Å². The van der Waals surface area contributed by atoms with E-state index in [1.807, 2.05) is 0 Å². The molecule has 0 radical (unpaired) electrons. The quantitative estimate of drug-likeness (QED) is 0.647. The lowest BCUT2D eigenvalue weighted by Crippen LogP contribution is -2.08. The van der Waals surface area contributed by atoms with Crippen molar-refractivity contribution in [1.29, 1.82) is 0 Å². The summed E-state index contributed by atoms with van der Waals surface area (Å²) in [5.41, 5.74) is 8.00. The number of aryl methyl sites for hydroxylation is 1. The molecule has 0 aliphatic carbocycles. The predicted molar refractivity (Wildman–Crippen MR) is 84.3 cm³/mol. The zero-order chi connectivity index (χ0) is 15.6. The van der Waals surface area contributed by atoms with Crippen molar-refractivity contribution < 1.29 is 13.9 Å². The highest BCUT2D eigenvalue weighted by atomic mass is 79.9. The third-order valence-corrected chi connectivity index (χ3v) is 3.69. The lowest BCUT2D eigenvalue weighted by atomic mass is 10.1. The Morgan fingerprint density at radius 2 is 2.10 bits per heavy atom. The molecule has 2 aromatic rings. The molecule has 2 aromatic carbocycles. The van der Waals surface area contributed by atoms with Gasteiger partial charge < -0.3 is 15.8 Å². The molecule has 0 saturated carbocycles. The number of rotatable bonds is 3. The van der Waals surface area contributed by atoms with Crippen LogP contribution < -0.4 is 11.1 Å². The first-order valence-electron chi connectivity index (χ1n) is 6.13. The van der Waals surface area contributed by atoms with Gasteiger partial charge in [-0.05, 0) is 52.7 Å². The summed E-state index contributed by atoms with van der Waals surface area (Å²) < 4.78 is 19.1. The van der Waals surface area contributed by atoms with Gasteiger partial charge >= 0.3 is 5.97 Å².